The Kier molecular flexibility index (Phi) is 9.31. The number of ether oxygens (including phenoxy) is 2. The van der Waals surface area contributed by atoms with Crippen LogP contribution in [0.3, 0.4) is 0 Å². The fraction of sp³-hybridized carbons (Fsp3) is 0.632. The number of nitrogens with two attached hydrogens (primary N) is 1. The molecule has 1 aliphatic heterocycles. The number of rotatable bonds is 11. The number of carbonyl (C=O) groups excluding carboxylic acids is 1. The molecule has 2 rings (SSSR count). The van der Waals surface area contributed by atoms with Crippen molar-refractivity contribution in [1.82, 2.24) is 4.31 Å². The van der Waals surface area contributed by atoms with Crippen LogP contribution in [0.2, 0.25) is 0 Å². The molecule has 0 aliphatic carbocycles. The van der Waals surface area contributed by atoms with Gasteiger partial charge < -0.3 is 25.0 Å². The van der Waals surface area contributed by atoms with Crippen molar-refractivity contribution in [1.29, 1.82) is 0 Å². The van der Waals surface area contributed by atoms with E-state index in [1.165, 1.54) is 4.31 Å². The Morgan fingerprint density at radius 3 is 2.59 bits per heavy atom. The van der Waals surface area contributed by atoms with Gasteiger partial charge in [-0.15, -0.1) is 0 Å². The van der Waals surface area contributed by atoms with Gasteiger partial charge in [0.2, 0.25) is 10.0 Å². The Labute approximate surface area is 173 Å². The molecule has 0 atom stereocenters. The molecule has 1 aliphatic rings. The quantitative estimate of drug-likeness (QED) is 0.468. The minimum absolute atomic E-state index is 0.175. The zero-order valence-corrected chi connectivity index (χ0v) is 18.3. The van der Waals surface area contributed by atoms with Crippen molar-refractivity contribution in [2.24, 2.45) is 0 Å². The molecule has 1 amide bonds. The molecule has 0 saturated carbocycles. The second-order valence-corrected chi connectivity index (χ2v) is 8.63. The summed E-state index contributed by atoms with van der Waals surface area (Å²) in [6.45, 7) is 8.44. The van der Waals surface area contributed by atoms with Crippen molar-refractivity contribution < 1.29 is 28.0 Å². The van der Waals surface area contributed by atoms with E-state index in [9.17, 15) is 13.2 Å². The SMILES string of the molecule is CCN(CC)c1ccc(S(=O)(=O)N2CCOCC2)cc1NC(=O)C[NH2+]CCOC. The van der Waals surface area contributed by atoms with Gasteiger partial charge in [-0.3, -0.25) is 4.79 Å². The molecule has 164 valence electrons. The molecule has 0 spiro atoms. The molecule has 1 aromatic rings. The fourth-order valence-corrected chi connectivity index (χ4v) is 4.62. The Morgan fingerprint density at radius 1 is 1.28 bits per heavy atom. The summed E-state index contributed by atoms with van der Waals surface area (Å²) >= 11 is 0. The number of sulfonamides is 1. The van der Waals surface area contributed by atoms with Gasteiger partial charge in [-0.05, 0) is 32.0 Å². The van der Waals surface area contributed by atoms with Crippen molar-refractivity contribution in [2.75, 3.05) is 76.4 Å². The molecule has 3 N–H and O–H groups in total. The fourth-order valence-electron chi connectivity index (χ4n) is 3.19. The summed E-state index contributed by atoms with van der Waals surface area (Å²) in [7, 11) is -2.03. The maximum absolute atomic E-state index is 13.0. The Morgan fingerprint density at radius 2 is 1.97 bits per heavy atom. The standard InChI is InChI=1S/C19H32N4O5S/c1-4-22(5-2)18-7-6-16(29(25,26)23-9-12-28-13-10-23)14-17(18)21-19(24)15-20-8-11-27-3/h6-7,14,20H,4-5,8-13,15H2,1-3H3,(H,21,24)/p+1. The van der Waals surface area contributed by atoms with E-state index < -0.39 is 10.0 Å². The molecule has 0 unspecified atom stereocenters. The maximum atomic E-state index is 13.0. The van der Waals surface area contributed by atoms with Crippen molar-refractivity contribution >= 4 is 27.3 Å². The maximum Gasteiger partial charge on any atom is 0.279 e. The monoisotopic (exact) mass is 429 g/mol. The minimum Gasteiger partial charge on any atom is -0.379 e. The van der Waals surface area contributed by atoms with E-state index in [-0.39, 0.29) is 17.3 Å². The van der Waals surface area contributed by atoms with Gasteiger partial charge in [0, 0.05) is 33.3 Å². The predicted octanol–water partition coefficient (Wildman–Crippen LogP) is -0.298. The molecule has 0 aromatic heterocycles. The lowest BCUT2D eigenvalue weighted by Crippen LogP contribution is -2.87. The first-order chi connectivity index (χ1) is 13.9. The average molecular weight is 430 g/mol. The largest absolute Gasteiger partial charge is 0.379 e. The number of morpholine rings is 1. The van der Waals surface area contributed by atoms with E-state index >= 15 is 0 Å². The molecular formula is C19H33N4O5S+. The van der Waals surface area contributed by atoms with E-state index in [0.717, 1.165) is 18.8 Å². The molecule has 0 radical (unpaired) electrons. The van der Waals surface area contributed by atoms with Crippen LogP contribution in [0, 0.1) is 0 Å². The lowest BCUT2D eigenvalue weighted by molar-refractivity contribution is -0.645. The number of nitrogens with zero attached hydrogens (tertiary/aromatic N) is 2. The number of nitrogens with one attached hydrogen (secondary N) is 1. The topological polar surface area (TPSA) is 105 Å². The summed E-state index contributed by atoms with van der Waals surface area (Å²) < 4.78 is 37.7. The number of carbonyl (C=O) groups is 1. The highest BCUT2D eigenvalue weighted by molar-refractivity contribution is 7.89. The number of quaternary nitrogens is 1. The smallest absolute Gasteiger partial charge is 0.279 e. The minimum atomic E-state index is -3.64. The number of amides is 1. The molecule has 1 saturated heterocycles. The van der Waals surface area contributed by atoms with Gasteiger partial charge in [0.05, 0.1) is 42.6 Å². The van der Waals surface area contributed by atoms with Crippen LogP contribution >= 0.6 is 0 Å². The first-order valence-corrected chi connectivity index (χ1v) is 11.4. The van der Waals surface area contributed by atoms with E-state index in [1.807, 2.05) is 19.2 Å². The third-order valence-electron chi connectivity index (χ3n) is 4.81. The van der Waals surface area contributed by atoms with Gasteiger partial charge in [0.15, 0.2) is 6.54 Å². The van der Waals surface area contributed by atoms with Crippen molar-refractivity contribution in [3.8, 4) is 0 Å². The van der Waals surface area contributed by atoms with Crippen LogP contribution in [-0.2, 0) is 24.3 Å². The highest BCUT2D eigenvalue weighted by Gasteiger charge is 2.27. The predicted molar refractivity (Wildman–Crippen MR) is 112 cm³/mol. The van der Waals surface area contributed by atoms with Crippen LogP contribution in [0.15, 0.2) is 23.1 Å². The zero-order chi connectivity index (χ0) is 21.3. The molecule has 0 bridgehead atoms. The Balaban J connectivity index is 2.27. The number of anilines is 2. The number of methoxy groups -OCH3 is 1. The Bertz CT molecular complexity index is 762. The molecule has 10 heteroatoms. The van der Waals surface area contributed by atoms with Crippen LogP contribution < -0.4 is 15.5 Å². The van der Waals surface area contributed by atoms with Crippen LogP contribution in [0.25, 0.3) is 0 Å². The number of benzene rings is 1. The molecule has 1 heterocycles. The molecule has 29 heavy (non-hydrogen) atoms. The number of hydrogen-bond donors (Lipinski definition) is 2. The zero-order valence-electron chi connectivity index (χ0n) is 17.5. The van der Waals surface area contributed by atoms with Crippen LogP contribution in [0.1, 0.15) is 13.8 Å². The molecular weight excluding hydrogens is 396 g/mol. The van der Waals surface area contributed by atoms with Gasteiger partial charge >= 0.3 is 0 Å². The van der Waals surface area contributed by atoms with E-state index in [0.29, 0.717) is 45.1 Å². The molecule has 1 fully saturated rings. The van der Waals surface area contributed by atoms with Crippen molar-refractivity contribution in [2.45, 2.75) is 18.7 Å². The number of hydrogen-bond acceptors (Lipinski definition) is 6. The summed E-state index contributed by atoms with van der Waals surface area (Å²) in [6.07, 6.45) is 0. The van der Waals surface area contributed by atoms with Gasteiger partial charge in [-0.2, -0.15) is 4.31 Å². The normalized spacial score (nSPS) is 15.3. The first kappa shape index (κ1) is 23.6. The lowest BCUT2D eigenvalue weighted by atomic mass is 10.2. The Hall–Kier alpha value is -1.72. The molecule has 9 nitrogen and oxygen atoms in total. The van der Waals surface area contributed by atoms with Crippen molar-refractivity contribution in [3.05, 3.63) is 18.2 Å². The van der Waals surface area contributed by atoms with Gasteiger partial charge in [0.25, 0.3) is 5.91 Å². The van der Waals surface area contributed by atoms with E-state index in [4.69, 9.17) is 9.47 Å². The highest BCUT2D eigenvalue weighted by atomic mass is 32.2. The second kappa shape index (κ2) is 11.5. The van der Waals surface area contributed by atoms with Gasteiger partial charge in [-0.1, -0.05) is 0 Å². The first-order valence-electron chi connectivity index (χ1n) is 10.0. The summed E-state index contributed by atoms with van der Waals surface area (Å²) in [5.74, 6) is -0.185. The molecule has 1 aromatic carbocycles. The summed E-state index contributed by atoms with van der Waals surface area (Å²) in [6, 6.07) is 4.94. The average Bonchev–Trinajstić information content (AvgIpc) is 2.73. The van der Waals surface area contributed by atoms with E-state index in [1.54, 1.807) is 25.3 Å². The van der Waals surface area contributed by atoms with Gasteiger partial charge in [0.1, 0.15) is 0 Å². The van der Waals surface area contributed by atoms with Crippen LogP contribution in [0.5, 0.6) is 0 Å². The van der Waals surface area contributed by atoms with Crippen LogP contribution in [-0.4, -0.2) is 84.8 Å². The third kappa shape index (κ3) is 6.38. The van der Waals surface area contributed by atoms with E-state index in [2.05, 4.69) is 10.2 Å². The van der Waals surface area contributed by atoms with Crippen molar-refractivity contribution in [3.63, 3.8) is 0 Å². The highest BCUT2D eigenvalue weighted by Crippen LogP contribution is 2.30. The summed E-state index contributed by atoms with van der Waals surface area (Å²) in [4.78, 5) is 14.7. The van der Waals surface area contributed by atoms with Gasteiger partial charge in [-0.25, -0.2) is 8.42 Å². The third-order valence-corrected chi connectivity index (χ3v) is 6.70. The summed E-state index contributed by atoms with van der Waals surface area (Å²) in [5.41, 5.74) is 1.31. The lowest BCUT2D eigenvalue weighted by Gasteiger charge is -2.28. The second-order valence-electron chi connectivity index (χ2n) is 6.69. The summed E-state index contributed by atoms with van der Waals surface area (Å²) in [5, 5.41) is 4.74. The van der Waals surface area contributed by atoms with Crippen LogP contribution in [0.4, 0.5) is 11.4 Å².